The van der Waals surface area contributed by atoms with Gasteiger partial charge < -0.3 is 34.3 Å². The molecule has 0 aliphatic carbocycles. The number of benzene rings is 4. The number of hydrogen-bond donors (Lipinski definition) is 2. The summed E-state index contributed by atoms with van der Waals surface area (Å²) in [7, 11) is 3.29. The van der Waals surface area contributed by atoms with Gasteiger partial charge in [0.15, 0.2) is 17.8 Å². The predicted octanol–water partition coefficient (Wildman–Crippen LogP) is 6.64. The summed E-state index contributed by atoms with van der Waals surface area (Å²) in [6.45, 7) is 2.30. The van der Waals surface area contributed by atoms with Crippen LogP contribution in [0.3, 0.4) is 0 Å². The van der Waals surface area contributed by atoms with Gasteiger partial charge in [-0.3, -0.25) is 14.5 Å². The number of halogens is 3. The number of ether oxygens (including phenoxy) is 4. The van der Waals surface area contributed by atoms with Crippen molar-refractivity contribution < 1.29 is 46.8 Å². The maximum Gasteiger partial charge on any atom is 0.471 e. The summed E-state index contributed by atoms with van der Waals surface area (Å²) in [6, 6.07) is 26.3. The Morgan fingerprint density at radius 3 is 2.27 bits per heavy atom. The molecule has 4 aromatic rings. The summed E-state index contributed by atoms with van der Waals surface area (Å²) in [4.78, 5) is 27.7. The molecule has 4 aromatic carbocycles. The normalized spacial score (nSPS) is 21.4. The highest BCUT2D eigenvalue weighted by molar-refractivity contribution is 5.90. The minimum atomic E-state index is -5.02. The highest BCUT2D eigenvalue weighted by atomic mass is 19.4. The van der Waals surface area contributed by atoms with Gasteiger partial charge in [-0.2, -0.15) is 13.2 Å². The first-order valence-electron chi connectivity index (χ1n) is 18.8. The van der Waals surface area contributed by atoms with E-state index in [2.05, 4.69) is 22.3 Å². The largest absolute Gasteiger partial charge is 0.493 e. The van der Waals surface area contributed by atoms with Crippen LogP contribution in [0.5, 0.6) is 11.5 Å². The monoisotopic (exact) mass is 773 g/mol. The van der Waals surface area contributed by atoms with Crippen molar-refractivity contribution in [1.82, 2.24) is 15.1 Å². The summed E-state index contributed by atoms with van der Waals surface area (Å²) >= 11 is 0. The second kappa shape index (κ2) is 17.0. The summed E-state index contributed by atoms with van der Waals surface area (Å²) in [5, 5.41) is 12.3. The van der Waals surface area contributed by atoms with Gasteiger partial charge in [-0.25, -0.2) is 0 Å². The molecule has 2 amide bonds. The smallest absolute Gasteiger partial charge is 0.471 e. The molecular formula is C43H46F3N3O7. The van der Waals surface area contributed by atoms with Crippen LogP contribution in [0.1, 0.15) is 65.0 Å². The number of likely N-dealkylation sites (tertiary alicyclic amines) is 1. The van der Waals surface area contributed by atoms with E-state index in [1.807, 2.05) is 72.8 Å². The van der Waals surface area contributed by atoms with Gasteiger partial charge in [0.1, 0.15) is 6.04 Å². The fraction of sp³-hybridized carbons (Fsp3) is 0.395. The van der Waals surface area contributed by atoms with E-state index in [0.717, 1.165) is 58.6 Å². The van der Waals surface area contributed by atoms with Crippen molar-refractivity contribution in [3.8, 4) is 22.6 Å². The number of aliphatic hydroxyl groups excluding tert-OH is 1. The van der Waals surface area contributed by atoms with Crippen LogP contribution in [-0.2, 0) is 45.2 Å². The molecule has 2 N–H and O–H groups in total. The maximum absolute atomic E-state index is 13.1. The van der Waals surface area contributed by atoms with E-state index in [4.69, 9.17) is 18.9 Å². The molecule has 13 heteroatoms. The number of nitrogens with zero attached hydrogens (tertiary/aromatic N) is 2. The molecule has 56 heavy (non-hydrogen) atoms. The second-order valence-corrected chi connectivity index (χ2v) is 14.5. The third kappa shape index (κ3) is 8.86. The van der Waals surface area contributed by atoms with Crippen LogP contribution in [0.25, 0.3) is 11.1 Å². The van der Waals surface area contributed by atoms with Crippen molar-refractivity contribution in [1.29, 1.82) is 0 Å². The van der Waals surface area contributed by atoms with Crippen LogP contribution in [-0.4, -0.2) is 78.9 Å². The lowest BCUT2D eigenvalue weighted by atomic mass is 9.96. The van der Waals surface area contributed by atoms with E-state index in [1.54, 1.807) is 14.2 Å². The van der Waals surface area contributed by atoms with Gasteiger partial charge >= 0.3 is 12.1 Å². The zero-order valence-electron chi connectivity index (χ0n) is 31.4. The van der Waals surface area contributed by atoms with E-state index >= 15 is 0 Å². The molecular weight excluding hydrogens is 727 g/mol. The highest BCUT2D eigenvalue weighted by Crippen LogP contribution is 2.40. The van der Waals surface area contributed by atoms with Gasteiger partial charge in [-0.15, -0.1) is 0 Å². The Bertz CT molecular complexity index is 2010. The van der Waals surface area contributed by atoms with Gasteiger partial charge in [0.25, 0.3) is 0 Å². The standard InChI is InChI=1S/C43H46F3N3O7/c1-53-38-20-33-16-18-48(24-34(33)21-39(38)54-2)25-35-22-37(30-10-8-27(26-50)9-11-30)56-41(55-35)31-14-12-29(13-15-31)32-6-3-5-28(19-32)23-47-40(51)36-7-4-17-49(36)42(52)43(44,45)46/h3,5-6,8-15,19-21,35-37,41,50H,4,7,16-18,22-26H2,1-2H3,(H,47,51)/t35-,36-,37+,41+/m0/s1. The molecule has 4 atom stereocenters. The predicted molar refractivity (Wildman–Crippen MR) is 201 cm³/mol. The number of rotatable bonds is 11. The summed E-state index contributed by atoms with van der Waals surface area (Å²) in [5.74, 6) is -1.15. The quantitative estimate of drug-likeness (QED) is 0.175. The second-order valence-electron chi connectivity index (χ2n) is 14.5. The van der Waals surface area contributed by atoms with Gasteiger partial charge in [0.2, 0.25) is 5.91 Å². The molecule has 3 aliphatic rings. The first kappa shape index (κ1) is 39.3. The number of nitrogens with one attached hydrogen (secondary N) is 1. The van der Waals surface area contributed by atoms with E-state index in [9.17, 15) is 27.9 Å². The Kier molecular flexibility index (Phi) is 12.0. The molecule has 7 rings (SSSR count). The molecule has 3 aliphatic heterocycles. The van der Waals surface area contributed by atoms with Crippen LogP contribution in [0.4, 0.5) is 13.2 Å². The lowest BCUT2D eigenvalue weighted by molar-refractivity contribution is -0.253. The van der Waals surface area contributed by atoms with Gasteiger partial charge in [-0.05, 0) is 76.4 Å². The van der Waals surface area contributed by atoms with Crippen molar-refractivity contribution in [3.63, 3.8) is 0 Å². The molecule has 2 saturated heterocycles. The van der Waals surface area contributed by atoms with Crippen molar-refractivity contribution >= 4 is 11.8 Å². The minimum absolute atomic E-state index is 0.0378. The third-order valence-electron chi connectivity index (χ3n) is 10.8. The lowest BCUT2D eigenvalue weighted by Crippen LogP contribution is -2.50. The fourth-order valence-corrected chi connectivity index (χ4v) is 7.86. The summed E-state index contributed by atoms with van der Waals surface area (Å²) in [6.07, 6.45) is -3.97. The zero-order valence-corrected chi connectivity index (χ0v) is 31.4. The first-order valence-corrected chi connectivity index (χ1v) is 18.8. The molecule has 0 unspecified atom stereocenters. The summed E-state index contributed by atoms with van der Waals surface area (Å²) < 4.78 is 63.6. The fourth-order valence-electron chi connectivity index (χ4n) is 7.86. The Labute approximate surface area is 324 Å². The van der Waals surface area contributed by atoms with Crippen molar-refractivity contribution in [3.05, 3.63) is 118 Å². The van der Waals surface area contributed by atoms with Crippen LogP contribution in [0, 0.1) is 0 Å². The number of methoxy groups -OCH3 is 2. The summed E-state index contributed by atoms with van der Waals surface area (Å²) in [5.41, 5.74) is 7.72. The molecule has 0 radical (unpaired) electrons. The molecule has 0 bridgehead atoms. The van der Waals surface area contributed by atoms with Crippen LogP contribution in [0.2, 0.25) is 0 Å². The van der Waals surface area contributed by atoms with Crippen molar-refractivity contribution in [2.45, 2.75) is 76.1 Å². The molecule has 0 spiro atoms. The number of alkyl halides is 3. The third-order valence-corrected chi connectivity index (χ3v) is 10.8. The molecule has 296 valence electrons. The maximum atomic E-state index is 13.1. The molecule has 10 nitrogen and oxygen atoms in total. The first-order chi connectivity index (χ1) is 27.0. The Morgan fingerprint density at radius 1 is 0.857 bits per heavy atom. The topological polar surface area (TPSA) is 110 Å². The van der Waals surface area contributed by atoms with E-state index in [-0.39, 0.29) is 38.3 Å². The number of carbonyl (C=O) groups excluding carboxylic acids is 2. The Morgan fingerprint density at radius 2 is 1.57 bits per heavy atom. The van der Waals surface area contributed by atoms with Gasteiger partial charge in [0.05, 0.1) is 33.0 Å². The van der Waals surface area contributed by atoms with Crippen molar-refractivity contribution in [2.75, 3.05) is 33.9 Å². The lowest BCUT2D eigenvalue weighted by Gasteiger charge is -2.39. The van der Waals surface area contributed by atoms with Gasteiger partial charge in [-0.1, -0.05) is 66.7 Å². The number of carbonyl (C=O) groups is 2. The number of hydrogen-bond acceptors (Lipinski definition) is 8. The number of amides is 2. The zero-order chi connectivity index (χ0) is 39.4. The Balaban J connectivity index is 1.03. The molecule has 0 saturated carbocycles. The SMILES string of the molecule is COc1cc2c(cc1OC)CN(C[C@@H]1C[C@H](c3ccc(CO)cc3)O[C@H](c3ccc(-c4cccc(CNC(=O)[C@@H]5CCCN5C(=O)C(F)(F)F)c4)cc3)O1)CC2. The van der Waals surface area contributed by atoms with E-state index in [0.29, 0.717) is 30.0 Å². The Hall–Kier alpha value is -4.95. The van der Waals surface area contributed by atoms with Crippen LogP contribution in [0.15, 0.2) is 84.9 Å². The average Bonchev–Trinajstić information content (AvgIpc) is 3.72. The van der Waals surface area contributed by atoms with Crippen LogP contribution >= 0.6 is 0 Å². The molecule has 0 aromatic heterocycles. The molecule has 3 heterocycles. The number of aliphatic hydroxyl groups is 1. The molecule has 2 fully saturated rings. The van der Waals surface area contributed by atoms with Crippen LogP contribution < -0.4 is 14.8 Å². The highest BCUT2D eigenvalue weighted by Gasteiger charge is 2.47. The minimum Gasteiger partial charge on any atom is -0.493 e. The van der Waals surface area contributed by atoms with Gasteiger partial charge in [0, 0.05) is 44.7 Å². The van der Waals surface area contributed by atoms with E-state index in [1.165, 1.54) is 11.1 Å². The average molecular weight is 774 g/mol. The van der Waals surface area contributed by atoms with Crippen molar-refractivity contribution in [2.24, 2.45) is 0 Å². The van der Waals surface area contributed by atoms with E-state index < -0.39 is 30.3 Å². The number of fused-ring (bicyclic) bond motifs is 1.